The number of nitrogens with zero attached hydrogens (tertiary/aromatic N) is 1. The molecule has 27 heavy (non-hydrogen) atoms. The van der Waals surface area contributed by atoms with Crippen molar-refractivity contribution in [3.8, 4) is 0 Å². The molecule has 1 aliphatic heterocycles. The molecule has 1 fully saturated rings. The minimum Gasteiger partial charge on any atom is -0.319 e. The summed E-state index contributed by atoms with van der Waals surface area (Å²) in [4.78, 5) is 28.3. The van der Waals surface area contributed by atoms with E-state index in [0.717, 1.165) is 26.8 Å². The number of fused-ring (bicyclic) bond motifs is 1. The molecule has 1 saturated heterocycles. The summed E-state index contributed by atoms with van der Waals surface area (Å²) in [5.41, 5.74) is 0.676. The van der Waals surface area contributed by atoms with Gasteiger partial charge in [-0.25, -0.2) is 4.79 Å². The van der Waals surface area contributed by atoms with E-state index in [9.17, 15) is 9.59 Å². The number of amides is 3. The molecule has 0 saturated carbocycles. The number of carbonyl (C=O) groups excluding carboxylic acids is 2. The molecule has 0 bridgehead atoms. The van der Waals surface area contributed by atoms with Gasteiger partial charge in [0.15, 0.2) is 0 Å². The highest BCUT2D eigenvalue weighted by Crippen LogP contribution is 2.34. The average Bonchev–Trinajstić information content (AvgIpc) is 2.92. The van der Waals surface area contributed by atoms with Gasteiger partial charge in [-0.3, -0.25) is 9.69 Å². The zero-order valence-corrected chi connectivity index (χ0v) is 16.0. The molecule has 0 aliphatic carbocycles. The lowest BCUT2D eigenvalue weighted by atomic mass is 9.88. The molecular formula is C22H20N2O2S. The average molecular weight is 376 g/mol. The van der Waals surface area contributed by atoms with Crippen LogP contribution >= 0.6 is 11.8 Å². The van der Waals surface area contributed by atoms with E-state index in [1.807, 2.05) is 73.0 Å². The monoisotopic (exact) mass is 376 g/mol. The lowest BCUT2D eigenvalue weighted by Gasteiger charge is -2.24. The number of urea groups is 1. The normalized spacial score (nSPS) is 19.6. The lowest BCUT2D eigenvalue weighted by molar-refractivity contribution is -0.131. The van der Waals surface area contributed by atoms with Gasteiger partial charge in [0, 0.05) is 4.90 Å². The van der Waals surface area contributed by atoms with Crippen molar-refractivity contribution in [2.45, 2.75) is 23.9 Å². The Morgan fingerprint density at radius 1 is 0.963 bits per heavy atom. The van der Waals surface area contributed by atoms with Gasteiger partial charge in [0.25, 0.3) is 5.91 Å². The van der Waals surface area contributed by atoms with Gasteiger partial charge < -0.3 is 5.32 Å². The molecule has 1 aliphatic rings. The number of benzene rings is 3. The number of imide groups is 1. The summed E-state index contributed by atoms with van der Waals surface area (Å²) in [7, 11) is 0. The summed E-state index contributed by atoms with van der Waals surface area (Å²) < 4.78 is 0. The first-order valence-electron chi connectivity index (χ1n) is 8.78. The summed E-state index contributed by atoms with van der Waals surface area (Å²) in [5, 5.41) is 4.93. The molecule has 1 N–H and O–H groups in total. The smallest absolute Gasteiger partial charge is 0.319 e. The molecule has 0 radical (unpaired) electrons. The van der Waals surface area contributed by atoms with Gasteiger partial charge in [-0.15, -0.1) is 11.8 Å². The van der Waals surface area contributed by atoms with Gasteiger partial charge in [0.2, 0.25) is 0 Å². The van der Waals surface area contributed by atoms with Crippen LogP contribution in [-0.2, 0) is 16.9 Å². The third kappa shape index (κ3) is 2.98. The Balaban J connectivity index is 1.68. The summed E-state index contributed by atoms with van der Waals surface area (Å²) >= 11 is 1.66. The van der Waals surface area contributed by atoms with Crippen molar-refractivity contribution in [3.05, 3.63) is 77.9 Å². The first-order chi connectivity index (χ1) is 13.0. The van der Waals surface area contributed by atoms with Crippen molar-refractivity contribution in [1.29, 1.82) is 0 Å². The first kappa shape index (κ1) is 17.6. The molecule has 0 aromatic heterocycles. The van der Waals surface area contributed by atoms with Crippen molar-refractivity contribution in [2.24, 2.45) is 0 Å². The van der Waals surface area contributed by atoms with Crippen molar-refractivity contribution in [1.82, 2.24) is 10.2 Å². The zero-order valence-electron chi connectivity index (χ0n) is 15.2. The fraction of sp³-hybridized carbons (Fsp3) is 0.182. The van der Waals surface area contributed by atoms with E-state index in [-0.39, 0.29) is 18.5 Å². The van der Waals surface area contributed by atoms with Crippen LogP contribution in [0.2, 0.25) is 0 Å². The number of hydrogen-bond acceptors (Lipinski definition) is 3. The van der Waals surface area contributed by atoms with Gasteiger partial charge in [-0.2, -0.15) is 0 Å². The van der Waals surface area contributed by atoms with Crippen LogP contribution in [-0.4, -0.2) is 23.1 Å². The maximum absolute atomic E-state index is 13.2. The van der Waals surface area contributed by atoms with E-state index >= 15 is 0 Å². The molecule has 3 aromatic carbocycles. The molecular weight excluding hydrogens is 356 g/mol. The largest absolute Gasteiger partial charge is 0.325 e. The predicted octanol–water partition coefficient (Wildman–Crippen LogP) is 4.53. The molecule has 0 unspecified atom stereocenters. The topological polar surface area (TPSA) is 49.4 Å². The second kappa shape index (κ2) is 6.74. The Morgan fingerprint density at radius 2 is 1.67 bits per heavy atom. The predicted molar refractivity (Wildman–Crippen MR) is 109 cm³/mol. The van der Waals surface area contributed by atoms with Crippen LogP contribution in [0, 0.1) is 0 Å². The molecule has 1 heterocycles. The Hall–Kier alpha value is -2.79. The Kier molecular flexibility index (Phi) is 4.40. The van der Waals surface area contributed by atoms with Gasteiger partial charge in [0.05, 0.1) is 6.54 Å². The van der Waals surface area contributed by atoms with Crippen LogP contribution < -0.4 is 5.32 Å². The molecule has 5 heteroatoms. The maximum atomic E-state index is 13.2. The van der Waals surface area contributed by atoms with Crippen molar-refractivity contribution >= 4 is 34.5 Å². The molecule has 1 atom stereocenters. The third-order valence-corrected chi connectivity index (χ3v) is 5.85. The van der Waals surface area contributed by atoms with E-state index in [1.54, 1.807) is 18.7 Å². The quantitative estimate of drug-likeness (QED) is 0.538. The summed E-state index contributed by atoms with van der Waals surface area (Å²) in [6, 6.07) is 21.3. The van der Waals surface area contributed by atoms with Gasteiger partial charge in [0.1, 0.15) is 5.54 Å². The van der Waals surface area contributed by atoms with E-state index in [0.29, 0.717) is 0 Å². The first-order valence-corrected chi connectivity index (χ1v) is 10.0. The van der Waals surface area contributed by atoms with E-state index in [4.69, 9.17) is 0 Å². The van der Waals surface area contributed by atoms with Crippen LogP contribution in [0.1, 0.15) is 18.1 Å². The summed E-state index contributed by atoms with van der Waals surface area (Å²) in [6.45, 7) is 2.05. The number of hydrogen-bond donors (Lipinski definition) is 1. The number of nitrogens with one attached hydrogen (secondary N) is 1. The van der Waals surface area contributed by atoms with Crippen LogP contribution in [0.15, 0.2) is 71.6 Å². The third-order valence-electron chi connectivity index (χ3n) is 5.10. The van der Waals surface area contributed by atoms with Gasteiger partial charge >= 0.3 is 6.03 Å². The van der Waals surface area contributed by atoms with Crippen LogP contribution in [0.5, 0.6) is 0 Å². The fourth-order valence-electron chi connectivity index (χ4n) is 3.60. The van der Waals surface area contributed by atoms with E-state index in [1.165, 1.54) is 4.90 Å². The Labute approximate surface area is 162 Å². The standard InChI is InChI=1S/C22H20N2O2S/c1-22(19-9-5-7-16-6-3-4-8-18(16)19)20(25)24(21(26)23-22)14-15-10-12-17(27-2)13-11-15/h3-13H,14H2,1-2H3,(H,23,26)/t22-/m1/s1. The van der Waals surface area contributed by atoms with Crippen LogP contribution in [0.3, 0.4) is 0 Å². The highest BCUT2D eigenvalue weighted by molar-refractivity contribution is 7.98. The molecule has 4 rings (SSSR count). The SMILES string of the molecule is CSc1ccc(CN2C(=O)N[C@](C)(c3cccc4ccccc34)C2=O)cc1. The maximum Gasteiger partial charge on any atom is 0.325 e. The van der Waals surface area contributed by atoms with Crippen molar-refractivity contribution in [3.63, 3.8) is 0 Å². The number of thioether (sulfide) groups is 1. The highest BCUT2D eigenvalue weighted by atomic mass is 32.2. The molecule has 3 amide bonds. The number of carbonyl (C=O) groups is 2. The minimum absolute atomic E-state index is 0.224. The summed E-state index contributed by atoms with van der Waals surface area (Å²) in [6.07, 6.45) is 2.02. The van der Waals surface area contributed by atoms with Crippen LogP contribution in [0.4, 0.5) is 4.79 Å². The van der Waals surface area contributed by atoms with E-state index < -0.39 is 5.54 Å². The molecule has 4 nitrogen and oxygen atoms in total. The van der Waals surface area contributed by atoms with Gasteiger partial charge in [-0.05, 0) is 47.2 Å². The summed E-state index contributed by atoms with van der Waals surface area (Å²) in [5.74, 6) is -0.224. The molecule has 0 spiro atoms. The lowest BCUT2D eigenvalue weighted by Crippen LogP contribution is -2.41. The Morgan fingerprint density at radius 3 is 2.41 bits per heavy atom. The second-order valence-electron chi connectivity index (χ2n) is 6.82. The van der Waals surface area contributed by atoms with Crippen molar-refractivity contribution < 1.29 is 9.59 Å². The fourth-order valence-corrected chi connectivity index (χ4v) is 4.01. The second-order valence-corrected chi connectivity index (χ2v) is 7.70. The zero-order chi connectivity index (χ0) is 19.0. The molecule has 3 aromatic rings. The minimum atomic E-state index is -1.07. The van der Waals surface area contributed by atoms with Gasteiger partial charge in [-0.1, -0.05) is 54.6 Å². The van der Waals surface area contributed by atoms with E-state index in [2.05, 4.69) is 5.32 Å². The van der Waals surface area contributed by atoms with Crippen LogP contribution in [0.25, 0.3) is 10.8 Å². The Bertz CT molecular complexity index is 1030. The molecule has 136 valence electrons. The van der Waals surface area contributed by atoms with Crippen molar-refractivity contribution in [2.75, 3.05) is 6.26 Å². The highest BCUT2D eigenvalue weighted by Gasteiger charge is 2.49. The number of rotatable bonds is 4.